The van der Waals surface area contributed by atoms with Crippen molar-refractivity contribution < 1.29 is 9.59 Å². The van der Waals surface area contributed by atoms with Crippen molar-refractivity contribution in [2.75, 3.05) is 37.6 Å². The van der Waals surface area contributed by atoms with Gasteiger partial charge in [0, 0.05) is 42.8 Å². The van der Waals surface area contributed by atoms with Gasteiger partial charge in [0.25, 0.3) is 5.91 Å². The Morgan fingerprint density at radius 2 is 1.50 bits per heavy atom. The second kappa shape index (κ2) is 13.4. The third-order valence-corrected chi connectivity index (χ3v) is 8.29. The molecule has 0 aliphatic carbocycles. The first-order valence-electron chi connectivity index (χ1n) is 14.1. The fourth-order valence-electron chi connectivity index (χ4n) is 5.01. The molecule has 1 aromatic heterocycles. The molecular weight excluding hydrogens is 569 g/mol. The number of hydrogen-bond acceptors (Lipinski definition) is 5. The van der Waals surface area contributed by atoms with Crippen molar-refractivity contribution in [3.05, 3.63) is 101 Å². The van der Waals surface area contributed by atoms with Gasteiger partial charge in [0.05, 0.1) is 16.3 Å². The lowest BCUT2D eigenvalue weighted by molar-refractivity contribution is -0.132. The van der Waals surface area contributed by atoms with Gasteiger partial charge in [-0.1, -0.05) is 84.7 Å². The van der Waals surface area contributed by atoms with Crippen LogP contribution in [0.2, 0.25) is 10.0 Å². The second-order valence-electron chi connectivity index (χ2n) is 10.4. The van der Waals surface area contributed by atoms with Crippen LogP contribution in [-0.2, 0) is 4.79 Å². The average Bonchev–Trinajstić information content (AvgIpc) is 3.03. The molecule has 1 aliphatic rings. The highest BCUT2D eigenvalue weighted by Crippen LogP contribution is 2.26. The van der Waals surface area contributed by atoms with Gasteiger partial charge in [-0.15, -0.1) is 10.2 Å². The van der Waals surface area contributed by atoms with Crippen LogP contribution in [0.3, 0.4) is 0 Å². The van der Waals surface area contributed by atoms with Crippen molar-refractivity contribution in [2.24, 2.45) is 0 Å². The minimum absolute atomic E-state index is 0.00956. The molecule has 0 radical (unpaired) electrons. The quantitative estimate of drug-likeness (QED) is 0.224. The zero-order valence-electron chi connectivity index (χ0n) is 23.7. The molecular formula is C33H33Cl2N5O2. The highest BCUT2D eigenvalue weighted by molar-refractivity contribution is 6.36. The lowest BCUT2D eigenvalue weighted by Gasteiger charge is -2.37. The van der Waals surface area contributed by atoms with Gasteiger partial charge in [0.1, 0.15) is 6.54 Å². The first kappa shape index (κ1) is 29.5. The molecule has 2 heterocycles. The van der Waals surface area contributed by atoms with Gasteiger partial charge < -0.3 is 14.7 Å². The molecule has 1 atom stereocenters. The Hall–Kier alpha value is -3.94. The highest BCUT2D eigenvalue weighted by atomic mass is 35.5. The number of carbonyl (C=O) groups excluding carboxylic acids is 2. The maximum atomic E-state index is 13.3. The number of rotatable bonds is 8. The summed E-state index contributed by atoms with van der Waals surface area (Å²) < 4.78 is 0. The van der Waals surface area contributed by atoms with E-state index in [-0.39, 0.29) is 29.4 Å². The number of halogens is 2. The predicted octanol–water partition coefficient (Wildman–Crippen LogP) is 6.71. The molecule has 0 bridgehead atoms. The first-order chi connectivity index (χ1) is 20.3. The Kier molecular flexibility index (Phi) is 9.40. The standard InChI is InChI=1S/C33H33Cl2N5O2/c1-3-23(2)40(33(42)28-14-13-27(34)21-29(28)35)22-32(41)39-19-17-38(18-20-39)31-16-15-30(36-37-31)26-11-9-25(10-12-26)24-7-5-4-6-8-24/h4-16,21,23H,3,17-20,22H2,1-2H3/t23-/m0/s1. The van der Waals surface area contributed by atoms with Crippen molar-refractivity contribution in [3.8, 4) is 22.4 Å². The number of benzene rings is 3. The van der Waals surface area contributed by atoms with Crippen LogP contribution in [0.25, 0.3) is 22.4 Å². The monoisotopic (exact) mass is 601 g/mol. The zero-order valence-corrected chi connectivity index (χ0v) is 25.2. The van der Waals surface area contributed by atoms with E-state index in [1.807, 2.05) is 44.2 Å². The normalized spacial score (nSPS) is 14.0. The van der Waals surface area contributed by atoms with Gasteiger partial charge in [0.2, 0.25) is 5.91 Å². The molecule has 0 spiro atoms. The van der Waals surface area contributed by atoms with Gasteiger partial charge in [-0.25, -0.2) is 0 Å². The van der Waals surface area contributed by atoms with E-state index in [9.17, 15) is 9.59 Å². The lowest BCUT2D eigenvalue weighted by Crippen LogP contribution is -2.53. The Morgan fingerprint density at radius 3 is 2.12 bits per heavy atom. The summed E-state index contributed by atoms with van der Waals surface area (Å²) in [6.45, 7) is 6.25. The predicted molar refractivity (Wildman–Crippen MR) is 169 cm³/mol. The molecule has 0 saturated carbocycles. The molecule has 216 valence electrons. The van der Waals surface area contributed by atoms with Gasteiger partial charge in [0.15, 0.2) is 5.82 Å². The van der Waals surface area contributed by atoms with Gasteiger partial charge in [-0.05, 0) is 54.8 Å². The van der Waals surface area contributed by atoms with Crippen LogP contribution < -0.4 is 4.90 Å². The first-order valence-corrected chi connectivity index (χ1v) is 14.9. The molecule has 5 rings (SSSR count). The highest BCUT2D eigenvalue weighted by Gasteiger charge is 2.29. The van der Waals surface area contributed by atoms with Crippen molar-refractivity contribution >= 4 is 40.8 Å². The van der Waals surface area contributed by atoms with Gasteiger partial charge in [-0.2, -0.15) is 0 Å². The molecule has 2 amide bonds. The summed E-state index contributed by atoms with van der Waals surface area (Å²) in [7, 11) is 0. The number of amides is 2. The van der Waals surface area contributed by atoms with E-state index in [0.717, 1.165) is 22.6 Å². The van der Waals surface area contributed by atoms with E-state index in [0.29, 0.717) is 43.2 Å². The topological polar surface area (TPSA) is 69.6 Å². The van der Waals surface area contributed by atoms with Crippen LogP contribution >= 0.6 is 23.2 Å². The summed E-state index contributed by atoms with van der Waals surface area (Å²) in [5, 5.41) is 9.69. The Morgan fingerprint density at radius 1 is 0.833 bits per heavy atom. The van der Waals surface area contributed by atoms with E-state index in [2.05, 4.69) is 51.5 Å². The molecule has 9 heteroatoms. The lowest BCUT2D eigenvalue weighted by atomic mass is 10.0. The van der Waals surface area contributed by atoms with Gasteiger partial charge in [-0.3, -0.25) is 9.59 Å². The maximum Gasteiger partial charge on any atom is 0.256 e. The largest absolute Gasteiger partial charge is 0.352 e. The third-order valence-electron chi connectivity index (χ3n) is 7.75. The number of aromatic nitrogens is 2. The van der Waals surface area contributed by atoms with Crippen LogP contribution in [0.5, 0.6) is 0 Å². The molecule has 1 saturated heterocycles. The van der Waals surface area contributed by atoms with Crippen LogP contribution in [0.1, 0.15) is 30.6 Å². The summed E-state index contributed by atoms with van der Waals surface area (Å²) in [6.07, 6.45) is 0.712. The Balaban J connectivity index is 1.18. The average molecular weight is 603 g/mol. The van der Waals surface area contributed by atoms with Crippen molar-refractivity contribution in [1.29, 1.82) is 0 Å². The Labute approximate surface area is 256 Å². The summed E-state index contributed by atoms with van der Waals surface area (Å²) in [5.41, 5.74) is 4.48. The van der Waals surface area contributed by atoms with Crippen molar-refractivity contribution in [3.63, 3.8) is 0 Å². The van der Waals surface area contributed by atoms with Crippen LogP contribution in [0, 0.1) is 0 Å². The smallest absolute Gasteiger partial charge is 0.256 e. The molecule has 1 fully saturated rings. The molecule has 3 aromatic carbocycles. The summed E-state index contributed by atoms with van der Waals surface area (Å²) in [5.74, 6) is 0.414. The molecule has 42 heavy (non-hydrogen) atoms. The number of nitrogens with zero attached hydrogens (tertiary/aromatic N) is 5. The second-order valence-corrected chi connectivity index (χ2v) is 11.2. The summed E-state index contributed by atoms with van der Waals surface area (Å²) in [4.78, 5) is 32.2. The molecule has 0 N–H and O–H groups in total. The van der Waals surface area contributed by atoms with Crippen LogP contribution in [-0.4, -0.2) is 70.6 Å². The number of piperazine rings is 1. The van der Waals surface area contributed by atoms with Crippen molar-refractivity contribution in [2.45, 2.75) is 26.3 Å². The summed E-state index contributed by atoms with van der Waals surface area (Å²) >= 11 is 12.3. The van der Waals surface area contributed by atoms with Crippen LogP contribution in [0.4, 0.5) is 5.82 Å². The van der Waals surface area contributed by atoms with Crippen LogP contribution in [0.15, 0.2) is 84.9 Å². The third kappa shape index (κ3) is 6.75. The van der Waals surface area contributed by atoms with Crippen molar-refractivity contribution in [1.82, 2.24) is 20.0 Å². The van der Waals surface area contributed by atoms with E-state index in [4.69, 9.17) is 23.2 Å². The van der Waals surface area contributed by atoms with E-state index in [1.54, 1.807) is 28.0 Å². The Bertz CT molecular complexity index is 1520. The minimum Gasteiger partial charge on any atom is -0.352 e. The number of carbonyl (C=O) groups is 2. The molecule has 7 nitrogen and oxygen atoms in total. The van der Waals surface area contributed by atoms with Gasteiger partial charge >= 0.3 is 0 Å². The maximum absolute atomic E-state index is 13.3. The minimum atomic E-state index is -0.275. The zero-order chi connectivity index (χ0) is 29.6. The van der Waals surface area contributed by atoms with E-state index < -0.39 is 0 Å². The number of anilines is 1. The fraction of sp³-hybridized carbons (Fsp3) is 0.273. The SMILES string of the molecule is CC[C@H](C)N(CC(=O)N1CCN(c2ccc(-c3ccc(-c4ccccc4)cc3)nn2)CC1)C(=O)c1ccc(Cl)cc1Cl. The van der Waals surface area contributed by atoms with E-state index in [1.165, 1.54) is 5.56 Å². The molecule has 1 aliphatic heterocycles. The fourth-order valence-corrected chi connectivity index (χ4v) is 5.50. The number of hydrogen-bond donors (Lipinski definition) is 0. The van der Waals surface area contributed by atoms with E-state index >= 15 is 0 Å². The molecule has 4 aromatic rings. The molecule has 0 unspecified atom stereocenters. The summed E-state index contributed by atoms with van der Waals surface area (Å²) in [6, 6.07) is 27.2.